The summed E-state index contributed by atoms with van der Waals surface area (Å²) < 4.78 is 40.0. The Balaban J connectivity index is 2.52. The van der Waals surface area contributed by atoms with E-state index < -0.39 is 27.3 Å². The van der Waals surface area contributed by atoms with E-state index in [-0.39, 0.29) is 24.3 Å². The number of aryl methyl sites for hydroxylation is 1. The number of halogens is 1. The molecule has 1 heterocycles. The molecule has 1 aliphatic heterocycles. The summed E-state index contributed by atoms with van der Waals surface area (Å²) >= 11 is 0. The van der Waals surface area contributed by atoms with E-state index in [9.17, 15) is 22.7 Å². The number of carboxylic acid groups (broad SMARTS) is 1. The number of benzene rings is 1. The largest absolute Gasteiger partial charge is 0.480 e. The summed E-state index contributed by atoms with van der Waals surface area (Å²) in [6, 6.07) is 3.65. The van der Waals surface area contributed by atoms with Crippen LogP contribution >= 0.6 is 0 Å². The van der Waals surface area contributed by atoms with Gasteiger partial charge in [-0.05, 0) is 43.9 Å². The van der Waals surface area contributed by atoms with Gasteiger partial charge in [-0.2, -0.15) is 4.31 Å². The lowest BCUT2D eigenvalue weighted by atomic mass is 9.95. The Morgan fingerprint density at radius 3 is 2.67 bits per heavy atom. The molecule has 116 valence electrons. The lowest BCUT2D eigenvalue weighted by molar-refractivity contribution is -0.147. The van der Waals surface area contributed by atoms with Crippen LogP contribution in [0.4, 0.5) is 4.39 Å². The molecule has 0 bridgehead atoms. The van der Waals surface area contributed by atoms with Gasteiger partial charge in [-0.25, -0.2) is 12.8 Å². The van der Waals surface area contributed by atoms with Gasteiger partial charge < -0.3 is 5.11 Å². The summed E-state index contributed by atoms with van der Waals surface area (Å²) in [5, 5.41) is 9.46. The Morgan fingerprint density at radius 2 is 2.14 bits per heavy atom. The van der Waals surface area contributed by atoms with Crippen LogP contribution in [0.25, 0.3) is 0 Å². The molecule has 1 atom stereocenters. The summed E-state index contributed by atoms with van der Waals surface area (Å²) in [4.78, 5) is 11.4. The van der Waals surface area contributed by atoms with Crippen molar-refractivity contribution in [2.45, 2.75) is 43.5 Å². The van der Waals surface area contributed by atoms with Crippen molar-refractivity contribution in [1.29, 1.82) is 0 Å². The van der Waals surface area contributed by atoms with E-state index in [1.165, 1.54) is 19.1 Å². The average molecular weight is 315 g/mol. The standard InChI is InChI=1S/C14H18FNO4S/c1-3-14(13(17)18)7-4-8-16(14)21(19,20)11-6-5-10(2)12(15)9-11/h5-6,9H,3-4,7-8H2,1-2H3,(H,17,18). The third kappa shape index (κ3) is 2.44. The minimum atomic E-state index is -4.03. The van der Waals surface area contributed by atoms with Gasteiger partial charge in [0.15, 0.2) is 0 Å². The van der Waals surface area contributed by atoms with Crippen molar-refractivity contribution in [2.75, 3.05) is 6.54 Å². The molecule has 1 aromatic rings. The molecule has 0 spiro atoms. The first-order valence-corrected chi connectivity index (χ1v) is 8.22. The lowest BCUT2D eigenvalue weighted by Crippen LogP contribution is -2.52. The van der Waals surface area contributed by atoms with Crippen LogP contribution in [-0.4, -0.2) is 35.9 Å². The molecule has 1 saturated heterocycles. The highest BCUT2D eigenvalue weighted by Gasteiger charge is 2.52. The first kappa shape index (κ1) is 15.9. The Kier molecular flexibility index (Phi) is 4.08. The monoisotopic (exact) mass is 315 g/mol. The number of hydrogen-bond acceptors (Lipinski definition) is 3. The van der Waals surface area contributed by atoms with Crippen LogP contribution < -0.4 is 0 Å². The predicted molar refractivity (Wildman–Crippen MR) is 74.9 cm³/mol. The normalized spacial score (nSPS) is 23.4. The fourth-order valence-corrected chi connectivity index (χ4v) is 4.66. The maximum Gasteiger partial charge on any atom is 0.325 e. The van der Waals surface area contributed by atoms with Gasteiger partial charge in [0, 0.05) is 6.54 Å². The molecular formula is C14H18FNO4S. The highest BCUT2D eigenvalue weighted by Crippen LogP contribution is 2.37. The van der Waals surface area contributed by atoms with Gasteiger partial charge in [0.25, 0.3) is 0 Å². The second kappa shape index (κ2) is 5.38. The Labute approximate surface area is 123 Å². The highest BCUT2D eigenvalue weighted by molar-refractivity contribution is 7.89. The van der Waals surface area contributed by atoms with Gasteiger partial charge in [-0.1, -0.05) is 13.0 Å². The first-order valence-electron chi connectivity index (χ1n) is 6.78. The molecule has 21 heavy (non-hydrogen) atoms. The molecule has 1 aliphatic rings. The van der Waals surface area contributed by atoms with Crippen molar-refractivity contribution in [3.05, 3.63) is 29.6 Å². The topological polar surface area (TPSA) is 74.7 Å². The van der Waals surface area contributed by atoms with Crippen LogP contribution in [0.15, 0.2) is 23.1 Å². The van der Waals surface area contributed by atoms with Gasteiger partial charge in [0.05, 0.1) is 4.90 Å². The third-order valence-corrected chi connectivity index (χ3v) is 6.11. The molecule has 0 aromatic heterocycles. The van der Waals surface area contributed by atoms with E-state index in [1.807, 2.05) is 0 Å². The zero-order valence-corrected chi connectivity index (χ0v) is 12.8. The summed E-state index contributed by atoms with van der Waals surface area (Å²) in [6.07, 6.45) is 0.927. The van der Waals surface area contributed by atoms with Crippen molar-refractivity contribution in [3.8, 4) is 0 Å². The zero-order chi connectivity index (χ0) is 15.8. The summed E-state index contributed by atoms with van der Waals surface area (Å²) in [5.41, 5.74) is -1.09. The van der Waals surface area contributed by atoms with E-state index >= 15 is 0 Å². The van der Waals surface area contributed by atoms with E-state index in [0.717, 1.165) is 10.4 Å². The number of aliphatic carboxylic acids is 1. The summed E-state index contributed by atoms with van der Waals surface area (Å²) in [5.74, 6) is -1.77. The SMILES string of the molecule is CCC1(C(=O)O)CCCN1S(=O)(=O)c1ccc(C)c(F)c1. The highest BCUT2D eigenvalue weighted by atomic mass is 32.2. The van der Waals surface area contributed by atoms with Crippen molar-refractivity contribution in [1.82, 2.24) is 4.31 Å². The second-order valence-corrected chi connectivity index (χ2v) is 7.14. The number of carboxylic acids is 1. The van der Waals surface area contributed by atoms with Crippen LogP contribution in [0.1, 0.15) is 31.7 Å². The molecule has 5 nitrogen and oxygen atoms in total. The molecular weight excluding hydrogens is 297 g/mol. The average Bonchev–Trinajstić information content (AvgIpc) is 2.87. The van der Waals surface area contributed by atoms with Crippen molar-refractivity contribution < 1.29 is 22.7 Å². The molecule has 1 aromatic carbocycles. The smallest absolute Gasteiger partial charge is 0.325 e. The van der Waals surface area contributed by atoms with Crippen LogP contribution in [0.2, 0.25) is 0 Å². The van der Waals surface area contributed by atoms with E-state index in [2.05, 4.69) is 0 Å². The van der Waals surface area contributed by atoms with E-state index in [1.54, 1.807) is 6.92 Å². The molecule has 2 rings (SSSR count). The first-order chi connectivity index (χ1) is 9.75. The van der Waals surface area contributed by atoms with Crippen molar-refractivity contribution in [2.24, 2.45) is 0 Å². The Hall–Kier alpha value is -1.47. The van der Waals surface area contributed by atoms with Crippen LogP contribution in [0.5, 0.6) is 0 Å². The predicted octanol–water partition coefficient (Wildman–Crippen LogP) is 2.15. The van der Waals surface area contributed by atoms with Crippen molar-refractivity contribution >= 4 is 16.0 Å². The fraction of sp³-hybridized carbons (Fsp3) is 0.500. The van der Waals surface area contributed by atoms with Crippen LogP contribution in [0.3, 0.4) is 0 Å². The van der Waals surface area contributed by atoms with E-state index in [4.69, 9.17) is 0 Å². The summed E-state index contributed by atoms with van der Waals surface area (Å²) in [7, 11) is -4.03. The number of rotatable bonds is 4. The van der Waals surface area contributed by atoms with Gasteiger partial charge in [0.2, 0.25) is 10.0 Å². The van der Waals surface area contributed by atoms with Crippen molar-refractivity contribution in [3.63, 3.8) is 0 Å². The maximum atomic E-state index is 13.6. The number of hydrogen-bond donors (Lipinski definition) is 1. The molecule has 0 saturated carbocycles. The van der Waals surface area contributed by atoms with Crippen LogP contribution in [0, 0.1) is 12.7 Å². The molecule has 1 N–H and O–H groups in total. The molecule has 0 amide bonds. The fourth-order valence-electron chi connectivity index (χ4n) is 2.78. The Bertz CT molecular complexity index is 674. The zero-order valence-electron chi connectivity index (χ0n) is 12.0. The minimum Gasteiger partial charge on any atom is -0.480 e. The molecule has 7 heteroatoms. The maximum absolute atomic E-state index is 13.6. The van der Waals surface area contributed by atoms with Crippen LogP contribution in [-0.2, 0) is 14.8 Å². The molecule has 1 fully saturated rings. The van der Waals surface area contributed by atoms with E-state index in [0.29, 0.717) is 12.0 Å². The van der Waals surface area contributed by atoms with Gasteiger partial charge >= 0.3 is 5.97 Å². The second-order valence-electron chi connectivity index (χ2n) is 5.28. The molecule has 0 radical (unpaired) electrons. The van der Waals surface area contributed by atoms with Gasteiger partial charge in [-0.3, -0.25) is 4.79 Å². The number of sulfonamides is 1. The molecule has 0 aliphatic carbocycles. The number of nitrogens with zero attached hydrogens (tertiary/aromatic N) is 1. The third-order valence-electron chi connectivity index (χ3n) is 4.14. The quantitative estimate of drug-likeness (QED) is 0.924. The minimum absolute atomic E-state index is 0.137. The number of carbonyl (C=O) groups is 1. The lowest BCUT2D eigenvalue weighted by Gasteiger charge is -2.32. The Morgan fingerprint density at radius 1 is 1.48 bits per heavy atom. The van der Waals surface area contributed by atoms with Gasteiger partial charge in [-0.15, -0.1) is 0 Å². The molecule has 1 unspecified atom stereocenters. The summed E-state index contributed by atoms with van der Waals surface area (Å²) in [6.45, 7) is 3.32. The van der Waals surface area contributed by atoms with Gasteiger partial charge in [0.1, 0.15) is 11.4 Å².